The van der Waals surface area contributed by atoms with Gasteiger partial charge in [-0.1, -0.05) is 12.1 Å². The predicted molar refractivity (Wildman–Crippen MR) is 101 cm³/mol. The molecule has 1 aromatic heterocycles. The average molecular weight is 386 g/mol. The first-order chi connectivity index (χ1) is 12.8. The number of hydrogen-bond acceptors (Lipinski definition) is 8. The van der Waals surface area contributed by atoms with Gasteiger partial charge in [-0.15, -0.1) is 5.10 Å². The Hall–Kier alpha value is -1.59. The number of nitrogens with zero attached hydrogens (tertiary/aromatic N) is 5. The van der Waals surface area contributed by atoms with Crippen LogP contribution in [0.4, 0.5) is 0 Å². The molecule has 0 amide bonds. The lowest BCUT2D eigenvalue weighted by molar-refractivity contribution is -0.137. The van der Waals surface area contributed by atoms with Crippen LogP contribution in [0.5, 0.6) is 0 Å². The van der Waals surface area contributed by atoms with E-state index in [0.717, 1.165) is 38.4 Å². The molecule has 0 saturated heterocycles. The number of nitrogens with one attached hydrogen (secondary N) is 1. The van der Waals surface area contributed by atoms with Gasteiger partial charge in [-0.05, 0) is 20.4 Å². The van der Waals surface area contributed by atoms with Crippen LogP contribution in [0.2, 0.25) is 0 Å². The molecule has 27 heavy (non-hydrogen) atoms. The Labute approximate surface area is 160 Å². The zero-order chi connectivity index (χ0) is 20.2. The van der Waals surface area contributed by atoms with E-state index in [1.54, 1.807) is 20.0 Å². The number of carboxylic acids is 1. The first-order valence-corrected chi connectivity index (χ1v) is 9.42. The van der Waals surface area contributed by atoms with Gasteiger partial charge in [-0.25, -0.2) is 4.68 Å². The van der Waals surface area contributed by atoms with E-state index in [0.29, 0.717) is 19.6 Å². The Balaban J connectivity index is 2.47. The lowest BCUT2D eigenvalue weighted by atomic mass is 10.3. The Morgan fingerprint density at radius 1 is 1.22 bits per heavy atom. The van der Waals surface area contributed by atoms with Crippen LogP contribution in [0.1, 0.15) is 26.5 Å². The van der Waals surface area contributed by atoms with Crippen LogP contribution >= 0.6 is 0 Å². The fraction of sp³-hybridized carbons (Fsp3) is 0.824. The molecule has 0 aliphatic heterocycles. The van der Waals surface area contributed by atoms with E-state index in [9.17, 15) is 15.0 Å². The number of aromatic nitrogens is 3. The van der Waals surface area contributed by atoms with Gasteiger partial charge >= 0.3 is 5.97 Å². The summed E-state index contributed by atoms with van der Waals surface area (Å²) in [6.45, 7) is 11.1. The number of carbonyl (C=O) groups is 1. The molecule has 0 spiro atoms. The third-order valence-electron chi connectivity index (χ3n) is 4.02. The summed E-state index contributed by atoms with van der Waals surface area (Å²) in [4.78, 5) is 15.1. The first kappa shape index (κ1) is 23.4. The molecule has 0 aliphatic rings. The van der Waals surface area contributed by atoms with Crippen molar-refractivity contribution < 1.29 is 20.1 Å². The van der Waals surface area contributed by atoms with Crippen LogP contribution in [0.15, 0.2) is 6.20 Å². The van der Waals surface area contributed by atoms with Crippen LogP contribution in [-0.4, -0.2) is 104 Å². The van der Waals surface area contributed by atoms with Crippen LogP contribution < -0.4 is 5.32 Å². The number of rotatable bonds is 15. The Morgan fingerprint density at radius 3 is 2.52 bits per heavy atom. The van der Waals surface area contributed by atoms with E-state index in [2.05, 4.69) is 32.4 Å². The van der Waals surface area contributed by atoms with Crippen LogP contribution in [0, 0.1) is 0 Å². The number of carboxylic acid groups (broad SMARTS) is 1. The van der Waals surface area contributed by atoms with E-state index in [-0.39, 0.29) is 12.6 Å². The highest BCUT2D eigenvalue weighted by Crippen LogP contribution is 2.02. The van der Waals surface area contributed by atoms with E-state index in [1.807, 2.05) is 0 Å². The summed E-state index contributed by atoms with van der Waals surface area (Å²) >= 11 is 0. The van der Waals surface area contributed by atoms with E-state index >= 15 is 0 Å². The van der Waals surface area contributed by atoms with E-state index in [4.69, 9.17) is 5.11 Å². The molecule has 0 unspecified atom stereocenters. The summed E-state index contributed by atoms with van der Waals surface area (Å²) in [7, 11) is 0. The fourth-order valence-electron chi connectivity index (χ4n) is 2.70. The zero-order valence-electron chi connectivity index (χ0n) is 16.6. The molecule has 0 aromatic carbocycles. The smallest absolute Gasteiger partial charge is 0.325 e. The molecule has 10 nitrogen and oxygen atoms in total. The maximum atomic E-state index is 10.7. The van der Waals surface area contributed by atoms with Crippen molar-refractivity contribution in [1.82, 2.24) is 30.1 Å². The topological polar surface area (TPSA) is 127 Å². The van der Waals surface area contributed by atoms with Gasteiger partial charge in [0.15, 0.2) is 0 Å². The third-order valence-corrected chi connectivity index (χ3v) is 4.02. The second-order valence-corrected chi connectivity index (χ2v) is 6.87. The molecule has 2 atom stereocenters. The highest BCUT2D eigenvalue weighted by atomic mass is 16.4. The van der Waals surface area contributed by atoms with Gasteiger partial charge in [0, 0.05) is 45.8 Å². The monoisotopic (exact) mass is 386 g/mol. The lowest BCUT2D eigenvalue weighted by Crippen LogP contribution is -2.42. The van der Waals surface area contributed by atoms with Crippen molar-refractivity contribution in [3.8, 4) is 0 Å². The van der Waals surface area contributed by atoms with Gasteiger partial charge < -0.3 is 20.6 Å². The quantitative estimate of drug-likeness (QED) is 0.276. The van der Waals surface area contributed by atoms with Gasteiger partial charge in [0.05, 0.1) is 24.1 Å². The summed E-state index contributed by atoms with van der Waals surface area (Å²) in [5, 5.41) is 38.9. The maximum absolute atomic E-state index is 10.7. The summed E-state index contributed by atoms with van der Waals surface area (Å²) in [5.74, 6) is -0.947. The van der Waals surface area contributed by atoms with Gasteiger partial charge in [0.2, 0.25) is 0 Å². The van der Waals surface area contributed by atoms with Crippen molar-refractivity contribution in [2.75, 3.05) is 45.8 Å². The largest absolute Gasteiger partial charge is 0.480 e. The molecule has 156 valence electrons. The Kier molecular flexibility index (Phi) is 11.1. The van der Waals surface area contributed by atoms with Crippen molar-refractivity contribution >= 4 is 5.97 Å². The van der Waals surface area contributed by atoms with Crippen LogP contribution in [-0.2, 0) is 17.9 Å². The molecular formula is C17H34N6O4. The minimum Gasteiger partial charge on any atom is -0.480 e. The average Bonchev–Trinajstić information content (AvgIpc) is 3.00. The molecule has 10 heteroatoms. The van der Waals surface area contributed by atoms with Gasteiger partial charge in [-0.2, -0.15) is 0 Å². The minimum atomic E-state index is -0.947. The number of hydrogen-bond donors (Lipinski definition) is 4. The molecule has 0 bridgehead atoms. The standard InChI is InChI=1S/C17H34N6O4/c1-4-21(11-16-12-23(20-19-16)13-17(26)27)7-8-22(10-15(3)25)6-5-18-9-14(2)24/h12,14-15,18,24-25H,4-11,13H2,1-3H3,(H,26,27)/t14-,15-/m0/s1. The zero-order valence-corrected chi connectivity index (χ0v) is 16.6. The highest BCUT2D eigenvalue weighted by Gasteiger charge is 2.13. The van der Waals surface area contributed by atoms with Crippen molar-refractivity contribution in [2.24, 2.45) is 0 Å². The summed E-state index contributed by atoms with van der Waals surface area (Å²) < 4.78 is 1.32. The summed E-state index contributed by atoms with van der Waals surface area (Å²) in [6, 6.07) is 0. The van der Waals surface area contributed by atoms with Crippen molar-refractivity contribution in [3.05, 3.63) is 11.9 Å². The number of aliphatic hydroxyl groups is 2. The fourth-order valence-corrected chi connectivity index (χ4v) is 2.70. The van der Waals surface area contributed by atoms with Gasteiger partial charge in [0.25, 0.3) is 0 Å². The second kappa shape index (κ2) is 12.7. The van der Waals surface area contributed by atoms with Crippen molar-refractivity contribution in [2.45, 2.75) is 46.1 Å². The normalized spacial score (nSPS) is 14.0. The van der Waals surface area contributed by atoms with Crippen LogP contribution in [0.25, 0.3) is 0 Å². The lowest BCUT2D eigenvalue weighted by Gasteiger charge is -2.27. The minimum absolute atomic E-state index is 0.194. The van der Waals surface area contributed by atoms with Gasteiger partial charge in [-0.3, -0.25) is 14.6 Å². The SMILES string of the molecule is CCN(CCN(CCNC[C@H](C)O)C[C@H](C)O)Cc1cn(CC(=O)O)nn1. The summed E-state index contributed by atoms with van der Waals surface area (Å²) in [5.41, 5.74) is 0.735. The van der Waals surface area contributed by atoms with Crippen molar-refractivity contribution in [3.63, 3.8) is 0 Å². The molecular weight excluding hydrogens is 352 g/mol. The molecule has 4 N–H and O–H groups in total. The van der Waals surface area contributed by atoms with E-state index < -0.39 is 12.1 Å². The molecule has 1 heterocycles. The summed E-state index contributed by atoms with van der Waals surface area (Å²) in [6.07, 6.45) is 0.873. The number of aliphatic hydroxyl groups excluding tert-OH is 2. The first-order valence-electron chi connectivity index (χ1n) is 9.42. The molecule has 0 saturated carbocycles. The third kappa shape index (κ3) is 11.0. The molecule has 0 aliphatic carbocycles. The highest BCUT2D eigenvalue weighted by molar-refractivity contribution is 5.66. The van der Waals surface area contributed by atoms with Crippen molar-refractivity contribution in [1.29, 1.82) is 0 Å². The number of aliphatic carboxylic acids is 1. The Morgan fingerprint density at radius 2 is 1.93 bits per heavy atom. The Bertz CT molecular complexity index is 537. The molecule has 0 radical (unpaired) electrons. The molecule has 1 rings (SSSR count). The maximum Gasteiger partial charge on any atom is 0.325 e. The van der Waals surface area contributed by atoms with E-state index in [1.165, 1.54) is 4.68 Å². The van der Waals surface area contributed by atoms with Gasteiger partial charge in [0.1, 0.15) is 6.54 Å². The molecule has 1 aromatic rings. The van der Waals surface area contributed by atoms with Crippen LogP contribution in [0.3, 0.4) is 0 Å². The predicted octanol–water partition coefficient (Wildman–Crippen LogP) is -1.16. The second-order valence-electron chi connectivity index (χ2n) is 6.87. The number of likely N-dealkylation sites (N-methyl/N-ethyl adjacent to an activating group) is 1. The molecule has 0 fully saturated rings.